The average Bonchev–Trinajstić information content (AvgIpc) is 2.40. The van der Waals surface area contributed by atoms with Crippen molar-refractivity contribution in [1.29, 1.82) is 0 Å². The molecule has 0 saturated heterocycles. The van der Waals surface area contributed by atoms with Crippen molar-refractivity contribution in [3.8, 4) is 6.01 Å². The van der Waals surface area contributed by atoms with E-state index in [9.17, 15) is 4.79 Å². The number of aromatic nitrogens is 2. The summed E-state index contributed by atoms with van der Waals surface area (Å²) in [5.74, 6) is -0.519. The molecule has 1 heterocycles. The van der Waals surface area contributed by atoms with Crippen LogP contribution in [0.4, 0.5) is 0 Å². The number of imidazole rings is 1. The van der Waals surface area contributed by atoms with Gasteiger partial charge in [0.25, 0.3) is 0 Å². The lowest BCUT2D eigenvalue weighted by Crippen LogP contribution is -2.03. The summed E-state index contributed by atoms with van der Waals surface area (Å²) < 4.78 is 4.58. The van der Waals surface area contributed by atoms with Crippen LogP contribution < -0.4 is 4.74 Å². The van der Waals surface area contributed by atoms with Crippen molar-refractivity contribution in [3.05, 3.63) is 25.0 Å². The molecule has 0 aliphatic heterocycles. The number of hydrogen-bond acceptors (Lipinski definition) is 3. The summed E-state index contributed by atoms with van der Waals surface area (Å²) in [5, 5.41) is 0. The lowest BCUT2D eigenvalue weighted by atomic mass is 10.7. The van der Waals surface area contributed by atoms with Gasteiger partial charge in [-0.05, 0) is 0 Å². The monoisotopic (exact) mass is 138 g/mol. The molecule has 0 radical (unpaired) electrons. The molecule has 0 bridgehead atoms. The van der Waals surface area contributed by atoms with Gasteiger partial charge in [-0.2, -0.15) is 0 Å². The standard InChI is InChI=1S/C6H6N2O2/c1-2-5(9)10-6-7-3-4-8-6/h2-4H,1H2,(H,7,8). The number of aromatic amines is 1. The molecule has 1 aromatic heterocycles. The van der Waals surface area contributed by atoms with Crippen LogP contribution in [0.1, 0.15) is 0 Å². The van der Waals surface area contributed by atoms with Crippen LogP contribution in [-0.4, -0.2) is 15.9 Å². The van der Waals surface area contributed by atoms with Crippen molar-refractivity contribution >= 4 is 5.97 Å². The third kappa shape index (κ3) is 1.45. The van der Waals surface area contributed by atoms with Gasteiger partial charge in [0.05, 0.1) is 0 Å². The molecule has 0 amide bonds. The van der Waals surface area contributed by atoms with E-state index < -0.39 is 5.97 Å². The molecule has 0 aromatic carbocycles. The van der Waals surface area contributed by atoms with Gasteiger partial charge < -0.3 is 9.72 Å². The van der Waals surface area contributed by atoms with Crippen LogP contribution in [0.5, 0.6) is 6.01 Å². The number of nitrogens with zero attached hydrogens (tertiary/aromatic N) is 1. The van der Waals surface area contributed by atoms with E-state index in [1.165, 1.54) is 6.20 Å². The number of ether oxygens (including phenoxy) is 1. The summed E-state index contributed by atoms with van der Waals surface area (Å²) in [6.45, 7) is 3.22. The van der Waals surface area contributed by atoms with Crippen molar-refractivity contribution in [2.24, 2.45) is 0 Å². The van der Waals surface area contributed by atoms with E-state index in [0.29, 0.717) is 0 Å². The van der Waals surface area contributed by atoms with Gasteiger partial charge in [0, 0.05) is 18.5 Å². The summed E-state index contributed by atoms with van der Waals surface area (Å²) >= 11 is 0. The maximum atomic E-state index is 10.5. The molecule has 0 aliphatic rings. The minimum absolute atomic E-state index is 0.185. The third-order valence-corrected chi connectivity index (χ3v) is 0.837. The van der Waals surface area contributed by atoms with E-state index in [-0.39, 0.29) is 6.01 Å². The molecular weight excluding hydrogens is 132 g/mol. The molecule has 0 saturated carbocycles. The fraction of sp³-hybridized carbons (Fsp3) is 0. The molecule has 0 aliphatic carbocycles. The Labute approximate surface area is 57.5 Å². The van der Waals surface area contributed by atoms with Gasteiger partial charge >= 0.3 is 12.0 Å². The van der Waals surface area contributed by atoms with Crippen molar-refractivity contribution in [2.75, 3.05) is 0 Å². The first kappa shape index (κ1) is 6.54. The number of carbonyl (C=O) groups is 1. The minimum Gasteiger partial charge on any atom is -0.389 e. The first-order valence-electron chi connectivity index (χ1n) is 2.66. The minimum atomic E-state index is -0.519. The van der Waals surface area contributed by atoms with Gasteiger partial charge in [-0.3, -0.25) is 0 Å². The molecule has 52 valence electrons. The Bertz CT molecular complexity index is 228. The van der Waals surface area contributed by atoms with E-state index in [1.807, 2.05) is 0 Å². The van der Waals surface area contributed by atoms with E-state index in [2.05, 4.69) is 21.3 Å². The van der Waals surface area contributed by atoms with Crippen LogP contribution in [0.25, 0.3) is 0 Å². The normalized spacial score (nSPS) is 8.80. The van der Waals surface area contributed by atoms with Gasteiger partial charge in [-0.25, -0.2) is 9.78 Å². The van der Waals surface area contributed by atoms with Gasteiger partial charge in [0.1, 0.15) is 0 Å². The number of rotatable bonds is 2. The van der Waals surface area contributed by atoms with Crippen LogP contribution in [0.15, 0.2) is 25.0 Å². The molecular formula is C6H6N2O2. The molecule has 1 N–H and O–H groups in total. The van der Waals surface area contributed by atoms with Gasteiger partial charge in [0.2, 0.25) is 0 Å². The highest BCUT2D eigenvalue weighted by molar-refractivity contribution is 5.82. The second-order valence-corrected chi connectivity index (χ2v) is 1.52. The third-order valence-electron chi connectivity index (χ3n) is 0.837. The zero-order valence-electron chi connectivity index (χ0n) is 5.20. The summed E-state index contributed by atoms with van der Waals surface area (Å²) in [6.07, 6.45) is 4.12. The maximum absolute atomic E-state index is 10.5. The van der Waals surface area contributed by atoms with Crippen molar-refractivity contribution < 1.29 is 9.53 Å². The largest absolute Gasteiger partial charge is 0.389 e. The van der Waals surface area contributed by atoms with E-state index >= 15 is 0 Å². The number of carbonyl (C=O) groups excluding carboxylic acids is 1. The quantitative estimate of drug-likeness (QED) is 0.478. The van der Waals surface area contributed by atoms with E-state index in [0.717, 1.165) is 6.08 Å². The average molecular weight is 138 g/mol. The van der Waals surface area contributed by atoms with Crippen LogP contribution in [-0.2, 0) is 4.79 Å². The lowest BCUT2D eigenvalue weighted by Gasteiger charge is -1.91. The smallest absolute Gasteiger partial charge is 0.337 e. The van der Waals surface area contributed by atoms with Gasteiger partial charge in [-0.15, -0.1) is 0 Å². The summed E-state index contributed by atoms with van der Waals surface area (Å²) in [7, 11) is 0. The highest BCUT2D eigenvalue weighted by Crippen LogP contribution is 1.97. The van der Waals surface area contributed by atoms with Crippen molar-refractivity contribution in [2.45, 2.75) is 0 Å². The lowest BCUT2D eigenvalue weighted by molar-refractivity contribution is -0.129. The van der Waals surface area contributed by atoms with Crippen LogP contribution in [0, 0.1) is 0 Å². The van der Waals surface area contributed by atoms with E-state index in [4.69, 9.17) is 0 Å². The number of H-pyrrole nitrogens is 1. The van der Waals surface area contributed by atoms with Crippen molar-refractivity contribution in [3.63, 3.8) is 0 Å². The summed E-state index contributed by atoms with van der Waals surface area (Å²) in [6, 6.07) is 0.185. The fourth-order valence-electron chi connectivity index (χ4n) is 0.444. The topological polar surface area (TPSA) is 55.0 Å². The van der Waals surface area contributed by atoms with Gasteiger partial charge in [0.15, 0.2) is 0 Å². The number of hydrogen-bond donors (Lipinski definition) is 1. The molecule has 10 heavy (non-hydrogen) atoms. The highest BCUT2D eigenvalue weighted by Gasteiger charge is 1.98. The van der Waals surface area contributed by atoms with Crippen LogP contribution in [0.3, 0.4) is 0 Å². The predicted molar refractivity (Wildman–Crippen MR) is 34.4 cm³/mol. The molecule has 0 atom stereocenters. The molecule has 4 heteroatoms. The Hall–Kier alpha value is -1.58. The number of nitrogens with one attached hydrogen (secondary N) is 1. The zero-order chi connectivity index (χ0) is 7.40. The SMILES string of the molecule is C=CC(=O)Oc1ncc[nH]1. The second kappa shape index (κ2) is 2.82. The summed E-state index contributed by atoms with van der Waals surface area (Å²) in [4.78, 5) is 16.7. The predicted octanol–water partition coefficient (Wildman–Crippen LogP) is 0.501. The molecule has 1 aromatic rings. The Morgan fingerprint density at radius 3 is 3.20 bits per heavy atom. The number of esters is 1. The Morgan fingerprint density at radius 2 is 2.70 bits per heavy atom. The summed E-state index contributed by atoms with van der Waals surface area (Å²) in [5.41, 5.74) is 0. The zero-order valence-corrected chi connectivity index (χ0v) is 5.20. The van der Waals surface area contributed by atoms with E-state index in [1.54, 1.807) is 6.20 Å². The maximum Gasteiger partial charge on any atom is 0.337 e. The first-order chi connectivity index (χ1) is 4.83. The van der Waals surface area contributed by atoms with Crippen LogP contribution in [0.2, 0.25) is 0 Å². The first-order valence-corrected chi connectivity index (χ1v) is 2.66. The van der Waals surface area contributed by atoms with Gasteiger partial charge in [-0.1, -0.05) is 6.58 Å². The molecule has 4 nitrogen and oxygen atoms in total. The Morgan fingerprint density at radius 1 is 1.90 bits per heavy atom. The highest BCUT2D eigenvalue weighted by atomic mass is 16.5. The Kier molecular flexibility index (Phi) is 1.84. The fourth-order valence-corrected chi connectivity index (χ4v) is 0.444. The van der Waals surface area contributed by atoms with Crippen molar-refractivity contribution in [1.82, 2.24) is 9.97 Å². The second-order valence-electron chi connectivity index (χ2n) is 1.52. The molecule has 1 rings (SSSR count). The Balaban J connectivity index is 2.56. The van der Waals surface area contributed by atoms with Crippen LogP contribution >= 0.6 is 0 Å². The molecule has 0 fully saturated rings. The molecule has 0 unspecified atom stereocenters. The molecule has 0 spiro atoms.